The van der Waals surface area contributed by atoms with E-state index in [0.717, 1.165) is 0 Å². The number of hydrogen-bond acceptors (Lipinski definition) is 5. The SMILES string of the molecule is CC(C)COC(=O)OCCON(C)C(C)(C)C. The Bertz CT molecular complexity index is 223. The zero-order valence-electron chi connectivity index (χ0n) is 11.8. The highest BCUT2D eigenvalue weighted by Gasteiger charge is 2.17. The van der Waals surface area contributed by atoms with Gasteiger partial charge in [0.25, 0.3) is 0 Å². The Balaban J connectivity index is 3.55. The lowest BCUT2D eigenvalue weighted by molar-refractivity contribution is -0.197. The molecule has 0 heterocycles. The number of carbonyl (C=O) groups is 1. The molecule has 0 aromatic rings. The average Bonchev–Trinajstić information content (AvgIpc) is 2.19. The summed E-state index contributed by atoms with van der Waals surface area (Å²) in [6.45, 7) is 10.9. The van der Waals surface area contributed by atoms with Crippen molar-refractivity contribution in [3.63, 3.8) is 0 Å². The fourth-order valence-corrected chi connectivity index (χ4v) is 0.769. The second-order valence-electron chi connectivity index (χ2n) is 5.30. The highest BCUT2D eigenvalue weighted by molar-refractivity contribution is 5.59. The first-order valence-corrected chi connectivity index (χ1v) is 5.89. The van der Waals surface area contributed by atoms with Crippen LogP contribution in [0, 0.1) is 5.92 Å². The Morgan fingerprint density at radius 3 is 2.24 bits per heavy atom. The summed E-state index contributed by atoms with van der Waals surface area (Å²) in [6, 6.07) is 0. The predicted octanol–water partition coefficient (Wildman–Crippen LogP) is 2.46. The molecule has 0 saturated heterocycles. The molecule has 5 heteroatoms. The normalized spacial score (nSPS) is 12.0. The van der Waals surface area contributed by atoms with Crippen molar-refractivity contribution >= 4 is 6.16 Å². The van der Waals surface area contributed by atoms with Gasteiger partial charge in [-0.15, -0.1) is 0 Å². The van der Waals surface area contributed by atoms with Gasteiger partial charge in [-0.2, -0.15) is 5.06 Å². The van der Waals surface area contributed by atoms with Crippen LogP contribution in [0.1, 0.15) is 34.6 Å². The van der Waals surface area contributed by atoms with E-state index in [4.69, 9.17) is 14.3 Å². The van der Waals surface area contributed by atoms with Gasteiger partial charge in [0, 0.05) is 12.6 Å². The van der Waals surface area contributed by atoms with Gasteiger partial charge in [-0.05, 0) is 26.7 Å². The van der Waals surface area contributed by atoms with E-state index >= 15 is 0 Å². The molecule has 0 fully saturated rings. The molecule has 0 radical (unpaired) electrons. The Morgan fingerprint density at radius 2 is 1.76 bits per heavy atom. The number of rotatable bonds is 6. The highest BCUT2D eigenvalue weighted by Crippen LogP contribution is 2.10. The molecule has 0 saturated carbocycles. The molecule has 0 rings (SSSR count). The predicted molar refractivity (Wildman–Crippen MR) is 65.6 cm³/mol. The molecule has 0 aliphatic carbocycles. The number of nitrogens with zero attached hydrogens (tertiary/aromatic N) is 1. The van der Waals surface area contributed by atoms with Crippen molar-refractivity contribution in [2.75, 3.05) is 26.9 Å². The van der Waals surface area contributed by atoms with Crippen LogP contribution in [0.5, 0.6) is 0 Å². The topological polar surface area (TPSA) is 48.0 Å². The molecule has 0 aliphatic rings. The third kappa shape index (κ3) is 8.94. The van der Waals surface area contributed by atoms with Crippen LogP contribution in [-0.2, 0) is 14.3 Å². The van der Waals surface area contributed by atoms with Crippen molar-refractivity contribution < 1.29 is 19.1 Å². The van der Waals surface area contributed by atoms with Gasteiger partial charge >= 0.3 is 6.16 Å². The van der Waals surface area contributed by atoms with Gasteiger partial charge in [-0.1, -0.05) is 13.8 Å². The van der Waals surface area contributed by atoms with Crippen LogP contribution in [-0.4, -0.2) is 43.6 Å². The summed E-state index contributed by atoms with van der Waals surface area (Å²) in [5, 5.41) is 1.73. The molecule has 102 valence electrons. The van der Waals surface area contributed by atoms with Crippen LogP contribution >= 0.6 is 0 Å². The van der Waals surface area contributed by atoms with Gasteiger partial charge < -0.3 is 9.47 Å². The lowest BCUT2D eigenvalue weighted by Gasteiger charge is -2.30. The van der Waals surface area contributed by atoms with Gasteiger partial charge in [0.2, 0.25) is 0 Å². The first kappa shape index (κ1) is 16.2. The second kappa shape index (κ2) is 7.50. The Labute approximate surface area is 104 Å². The van der Waals surface area contributed by atoms with Crippen molar-refractivity contribution in [2.24, 2.45) is 5.92 Å². The van der Waals surface area contributed by atoms with E-state index in [1.807, 2.05) is 41.7 Å². The van der Waals surface area contributed by atoms with Crippen molar-refractivity contribution in [2.45, 2.75) is 40.2 Å². The van der Waals surface area contributed by atoms with Gasteiger partial charge in [-0.25, -0.2) is 4.79 Å². The molecule has 5 nitrogen and oxygen atoms in total. The fraction of sp³-hybridized carbons (Fsp3) is 0.917. The molecule has 0 unspecified atom stereocenters. The lowest BCUT2D eigenvalue weighted by Crippen LogP contribution is -2.38. The summed E-state index contributed by atoms with van der Waals surface area (Å²) in [5.74, 6) is 0.311. The first-order chi connectivity index (χ1) is 7.73. The zero-order chi connectivity index (χ0) is 13.5. The van der Waals surface area contributed by atoms with E-state index in [-0.39, 0.29) is 12.1 Å². The molecule has 17 heavy (non-hydrogen) atoms. The molecule has 0 amide bonds. The van der Waals surface area contributed by atoms with Crippen LogP contribution in [0.3, 0.4) is 0 Å². The summed E-state index contributed by atoms with van der Waals surface area (Å²) in [5.41, 5.74) is -0.0713. The summed E-state index contributed by atoms with van der Waals surface area (Å²) in [6.07, 6.45) is -0.638. The van der Waals surface area contributed by atoms with Crippen LogP contribution in [0.4, 0.5) is 4.79 Å². The van der Waals surface area contributed by atoms with Crippen LogP contribution < -0.4 is 0 Å². The molecule has 0 bridgehead atoms. The minimum atomic E-state index is -0.638. The van der Waals surface area contributed by atoms with Gasteiger partial charge in [0.1, 0.15) is 13.2 Å². The van der Waals surface area contributed by atoms with Gasteiger partial charge in [-0.3, -0.25) is 4.84 Å². The minimum absolute atomic E-state index is 0.0713. The molecule has 0 atom stereocenters. The molecule has 0 N–H and O–H groups in total. The van der Waals surface area contributed by atoms with E-state index in [2.05, 4.69) is 0 Å². The van der Waals surface area contributed by atoms with Crippen molar-refractivity contribution in [3.05, 3.63) is 0 Å². The third-order valence-electron chi connectivity index (χ3n) is 2.07. The van der Waals surface area contributed by atoms with Crippen molar-refractivity contribution in [1.29, 1.82) is 0 Å². The van der Waals surface area contributed by atoms with E-state index in [1.165, 1.54) is 0 Å². The molecule has 0 aliphatic heterocycles. The lowest BCUT2D eigenvalue weighted by atomic mass is 10.1. The molecular weight excluding hydrogens is 222 g/mol. The number of hydroxylamine groups is 2. The monoisotopic (exact) mass is 247 g/mol. The number of ether oxygens (including phenoxy) is 2. The van der Waals surface area contributed by atoms with Crippen molar-refractivity contribution in [3.8, 4) is 0 Å². The van der Waals surface area contributed by atoms with E-state index in [9.17, 15) is 4.79 Å². The van der Waals surface area contributed by atoms with Crippen LogP contribution in [0.25, 0.3) is 0 Å². The standard InChI is InChI=1S/C12H25NO4/c1-10(2)9-16-11(14)15-7-8-17-13(6)12(3,4)5/h10H,7-9H2,1-6H3. The second-order valence-corrected chi connectivity index (χ2v) is 5.30. The molecular formula is C12H25NO4. The average molecular weight is 247 g/mol. The Hall–Kier alpha value is -0.810. The molecule has 0 spiro atoms. The summed E-state index contributed by atoms with van der Waals surface area (Å²) < 4.78 is 9.69. The summed E-state index contributed by atoms with van der Waals surface area (Å²) in [7, 11) is 1.84. The number of carbonyl (C=O) groups excluding carboxylic acids is 1. The quantitative estimate of drug-likeness (QED) is 0.410. The highest BCUT2D eigenvalue weighted by atomic mass is 16.7. The molecule has 0 aromatic carbocycles. The largest absolute Gasteiger partial charge is 0.508 e. The van der Waals surface area contributed by atoms with Gasteiger partial charge in [0.05, 0.1) is 6.61 Å². The smallest absolute Gasteiger partial charge is 0.434 e. The maximum atomic E-state index is 11.1. The third-order valence-corrected chi connectivity index (χ3v) is 2.07. The Kier molecular flexibility index (Phi) is 7.15. The summed E-state index contributed by atoms with van der Waals surface area (Å²) >= 11 is 0. The van der Waals surface area contributed by atoms with E-state index < -0.39 is 6.16 Å². The number of hydrogen-bond donors (Lipinski definition) is 0. The molecule has 0 aromatic heterocycles. The fourth-order valence-electron chi connectivity index (χ4n) is 0.769. The first-order valence-electron chi connectivity index (χ1n) is 5.89. The summed E-state index contributed by atoms with van der Waals surface area (Å²) in [4.78, 5) is 16.5. The van der Waals surface area contributed by atoms with Crippen molar-refractivity contribution in [1.82, 2.24) is 5.06 Å². The van der Waals surface area contributed by atoms with E-state index in [1.54, 1.807) is 5.06 Å². The zero-order valence-corrected chi connectivity index (χ0v) is 11.8. The Morgan fingerprint density at radius 1 is 1.18 bits per heavy atom. The van der Waals surface area contributed by atoms with Crippen LogP contribution in [0.2, 0.25) is 0 Å². The minimum Gasteiger partial charge on any atom is -0.434 e. The maximum absolute atomic E-state index is 11.1. The van der Waals surface area contributed by atoms with E-state index in [0.29, 0.717) is 19.1 Å². The van der Waals surface area contributed by atoms with Gasteiger partial charge in [0.15, 0.2) is 0 Å². The maximum Gasteiger partial charge on any atom is 0.508 e. The van der Waals surface area contributed by atoms with Crippen LogP contribution in [0.15, 0.2) is 0 Å².